The maximum absolute atomic E-state index is 15.2. The lowest BCUT2D eigenvalue weighted by Crippen LogP contribution is -1.95. The Morgan fingerprint density at radius 2 is 1.33 bits per heavy atom. The quantitative estimate of drug-likeness (QED) is 0.206. The minimum absolute atomic E-state index is 0.287. The van der Waals surface area contributed by atoms with Gasteiger partial charge in [-0.1, -0.05) is 80.6 Å². The van der Waals surface area contributed by atoms with E-state index in [2.05, 4.69) is 6.92 Å². The summed E-state index contributed by atoms with van der Waals surface area (Å²) in [6.45, 7) is 2.18. The Bertz CT molecular complexity index is 1180. The van der Waals surface area contributed by atoms with Crippen molar-refractivity contribution in [2.75, 3.05) is 0 Å². The summed E-state index contributed by atoms with van der Waals surface area (Å²) in [7, 11) is 0. The third-order valence-electron chi connectivity index (χ3n) is 5.83. The number of unbranched alkanes of at least 4 members (excludes halogenated alkanes) is 4. The molecule has 3 heteroatoms. The summed E-state index contributed by atoms with van der Waals surface area (Å²) in [6, 6.07) is 18.3. The number of benzene rings is 4. The number of halogens is 3. The molecule has 4 rings (SSSR count). The monoisotopic (exact) mass is 422 g/mol. The van der Waals surface area contributed by atoms with E-state index in [4.69, 9.17) is 11.6 Å². The predicted molar refractivity (Wildman–Crippen MR) is 124 cm³/mol. The van der Waals surface area contributed by atoms with Gasteiger partial charge in [-0.3, -0.25) is 0 Å². The summed E-state index contributed by atoms with van der Waals surface area (Å²) in [4.78, 5) is 0. The van der Waals surface area contributed by atoms with Crippen molar-refractivity contribution in [2.24, 2.45) is 0 Å². The zero-order chi connectivity index (χ0) is 21.1. The first-order chi connectivity index (χ1) is 14.6. The Balaban J connectivity index is 1.71. The van der Waals surface area contributed by atoms with Gasteiger partial charge >= 0.3 is 0 Å². The third-order valence-corrected chi connectivity index (χ3v) is 6.08. The van der Waals surface area contributed by atoms with Crippen LogP contribution in [0.5, 0.6) is 0 Å². The molecule has 0 bridgehead atoms. The zero-order valence-corrected chi connectivity index (χ0v) is 17.9. The molecule has 0 atom stereocenters. The van der Waals surface area contributed by atoms with Gasteiger partial charge in [-0.25, -0.2) is 8.78 Å². The minimum atomic E-state index is -0.396. The fourth-order valence-electron chi connectivity index (χ4n) is 4.13. The zero-order valence-electron chi connectivity index (χ0n) is 17.2. The summed E-state index contributed by atoms with van der Waals surface area (Å²) >= 11 is 5.97. The standard InChI is InChI=1S/C27H25ClF2/c1-2-3-4-5-6-7-19-10-14-23-22-15-11-20(18-8-12-21(28)13-9-18)16-24(22)26(29)17-25(23)27(19)30/h8-17H,2-7H2,1H3. The van der Waals surface area contributed by atoms with Gasteiger partial charge in [0.25, 0.3) is 0 Å². The number of hydrogen-bond acceptors (Lipinski definition) is 0. The summed E-state index contributed by atoms with van der Waals surface area (Å²) in [5.41, 5.74) is 2.54. The van der Waals surface area contributed by atoms with Crippen LogP contribution in [0.4, 0.5) is 8.78 Å². The molecule has 4 aromatic carbocycles. The van der Waals surface area contributed by atoms with E-state index in [1.807, 2.05) is 54.6 Å². The van der Waals surface area contributed by atoms with E-state index in [9.17, 15) is 4.39 Å². The van der Waals surface area contributed by atoms with Gasteiger partial charge in [0.1, 0.15) is 11.6 Å². The highest BCUT2D eigenvalue weighted by molar-refractivity contribution is 6.30. The molecule has 0 unspecified atom stereocenters. The molecule has 0 saturated heterocycles. The minimum Gasteiger partial charge on any atom is -0.206 e. The highest BCUT2D eigenvalue weighted by atomic mass is 35.5. The smallest absolute Gasteiger partial charge is 0.134 e. The molecule has 0 N–H and O–H groups in total. The lowest BCUT2D eigenvalue weighted by atomic mass is 9.94. The van der Waals surface area contributed by atoms with E-state index in [0.29, 0.717) is 27.8 Å². The Morgan fingerprint density at radius 1 is 0.667 bits per heavy atom. The third kappa shape index (κ3) is 4.20. The fraction of sp³-hybridized carbons (Fsp3) is 0.259. The number of hydrogen-bond donors (Lipinski definition) is 0. The normalized spacial score (nSPS) is 11.5. The van der Waals surface area contributed by atoms with Gasteiger partial charge in [-0.15, -0.1) is 0 Å². The van der Waals surface area contributed by atoms with Crippen molar-refractivity contribution in [3.8, 4) is 11.1 Å². The maximum atomic E-state index is 15.2. The molecule has 0 aliphatic heterocycles. The van der Waals surface area contributed by atoms with Crippen LogP contribution in [-0.2, 0) is 6.42 Å². The largest absolute Gasteiger partial charge is 0.206 e. The van der Waals surface area contributed by atoms with Crippen molar-refractivity contribution in [1.82, 2.24) is 0 Å². The molecule has 30 heavy (non-hydrogen) atoms. The highest BCUT2D eigenvalue weighted by Gasteiger charge is 2.14. The van der Waals surface area contributed by atoms with Gasteiger partial charge in [0.15, 0.2) is 0 Å². The van der Waals surface area contributed by atoms with Crippen LogP contribution in [0.1, 0.15) is 44.6 Å². The van der Waals surface area contributed by atoms with E-state index in [1.54, 1.807) is 0 Å². The van der Waals surface area contributed by atoms with Gasteiger partial charge in [0.2, 0.25) is 0 Å². The molecular formula is C27H25ClF2. The SMILES string of the molecule is CCCCCCCc1ccc2c(cc(F)c3cc(-c4ccc(Cl)cc4)ccc32)c1F. The fourth-order valence-corrected chi connectivity index (χ4v) is 4.26. The maximum Gasteiger partial charge on any atom is 0.134 e. The van der Waals surface area contributed by atoms with Crippen LogP contribution in [0.2, 0.25) is 5.02 Å². The number of aryl methyl sites for hydroxylation is 1. The van der Waals surface area contributed by atoms with Crippen molar-refractivity contribution in [1.29, 1.82) is 0 Å². The van der Waals surface area contributed by atoms with Crippen molar-refractivity contribution in [2.45, 2.75) is 45.4 Å². The molecule has 0 radical (unpaired) electrons. The topological polar surface area (TPSA) is 0 Å². The molecule has 4 aromatic rings. The first-order valence-corrected chi connectivity index (χ1v) is 11.1. The number of rotatable bonds is 7. The molecule has 0 nitrogen and oxygen atoms in total. The van der Waals surface area contributed by atoms with Crippen molar-refractivity contribution >= 4 is 33.1 Å². The molecule has 0 saturated carbocycles. The van der Waals surface area contributed by atoms with Crippen LogP contribution in [-0.4, -0.2) is 0 Å². The Kier molecular flexibility index (Phi) is 6.34. The molecule has 0 amide bonds. The van der Waals surface area contributed by atoms with Crippen LogP contribution in [0, 0.1) is 11.6 Å². The Morgan fingerprint density at radius 3 is 2.10 bits per heavy atom. The van der Waals surface area contributed by atoms with Crippen LogP contribution < -0.4 is 0 Å². The molecule has 0 aliphatic rings. The summed E-state index contributed by atoms with van der Waals surface area (Å²) in [6.07, 6.45) is 6.35. The summed E-state index contributed by atoms with van der Waals surface area (Å²) in [5, 5.41) is 3.01. The van der Waals surface area contributed by atoms with Crippen LogP contribution in [0.15, 0.2) is 60.7 Å². The lowest BCUT2D eigenvalue weighted by molar-refractivity contribution is 0.594. The second-order valence-electron chi connectivity index (χ2n) is 7.92. The summed E-state index contributed by atoms with van der Waals surface area (Å²) < 4.78 is 30.1. The predicted octanol–water partition coefficient (Wildman–Crippen LogP) is 9.10. The van der Waals surface area contributed by atoms with E-state index < -0.39 is 5.82 Å². The molecule has 0 heterocycles. The number of fused-ring (bicyclic) bond motifs is 3. The van der Waals surface area contributed by atoms with Crippen molar-refractivity contribution in [3.05, 3.63) is 82.9 Å². The van der Waals surface area contributed by atoms with Crippen LogP contribution in [0.3, 0.4) is 0 Å². The van der Waals surface area contributed by atoms with E-state index in [1.165, 1.54) is 25.3 Å². The van der Waals surface area contributed by atoms with E-state index in [0.717, 1.165) is 34.7 Å². The first-order valence-electron chi connectivity index (χ1n) is 10.7. The summed E-state index contributed by atoms with van der Waals surface area (Å²) in [5.74, 6) is -0.683. The average molecular weight is 423 g/mol. The molecule has 154 valence electrons. The second-order valence-corrected chi connectivity index (χ2v) is 8.36. The van der Waals surface area contributed by atoms with Crippen molar-refractivity contribution < 1.29 is 8.78 Å². The van der Waals surface area contributed by atoms with Crippen molar-refractivity contribution in [3.63, 3.8) is 0 Å². The van der Waals surface area contributed by atoms with E-state index in [-0.39, 0.29) is 5.82 Å². The Labute approximate surface area is 181 Å². The average Bonchev–Trinajstić information content (AvgIpc) is 2.76. The molecule has 0 aromatic heterocycles. The van der Waals surface area contributed by atoms with E-state index >= 15 is 4.39 Å². The molecule has 0 fully saturated rings. The Hall–Kier alpha value is -2.45. The second kappa shape index (κ2) is 9.14. The van der Waals surface area contributed by atoms with Crippen LogP contribution in [0.25, 0.3) is 32.7 Å². The molecule has 0 spiro atoms. The molecule has 0 aliphatic carbocycles. The van der Waals surface area contributed by atoms with Gasteiger partial charge in [0.05, 0.1) is 0 Å². The lowest BCUT2D eigenvalue weighted by Gasteiger charge is -2.11. The first kappa shape index (κ1) is 20.8. The van der Waals surface area contributed by atoms with Gasteiger partial charge in [0, 0.05) is 15.8 Å². The van der Waals surface area contributed by atoms with Gasteiger partial charge < -0.3 is 0 Å². The van der Waals surface area contributed by atoms with Gasteiger partial charge in [-0.05, 0) is 64.6 Å². The highest BCUT2D eigenvalue weighted by Crippen LogP contribution is 2.34. The van der Waals surface area contributed by atoms with Gasteiger partial charge in [-0.2, -0.15) is 0 Å². The molecular weight excluding hydrogens is 398 g/mol. The van der Waals surface area contributed by atoms with Crippen LogP contribution >= 0.6 is 11.6 Å².